The maximum Gasteiger partial charge on any atom is 0.249 e. The minimum atomic E-state index is -3.27. The molecule has 5 nitrogen and oxygen atoms in total. The van der Waals surface area contributed by atoms with Crippen molar-refractivity contribution in [3.05, 3.63) is 12.7 Å². The van der Waals surface area contributed by atoms with E-state index < -0.39 is 9.84 Å². The van der Waals surface area contributed by atoms with Crippen LogP contribution in [0.2, 0.25) is 0 Å². The first-order chi connectivity index (χ1) is 6.96. The number of hydrogen-bond donors (Lipinski definition) is 0. The van der Waals surface area contributed by atoms with Crippen LogP contribution in [0.1, 0.15) is 25.1 Å². The van der Waals surface area contributed by atoms with Gasteiger partial charge in [-0.25, -0.2) is 8.42 Å². The van der Waals surface area contributed by atoms with Crippen LogP contribution < -0.4 is 0 Å². The molecule has 1 rings (SSSR count). The van der Waals surface area contributed by atoms with Gasteiger partial charge in [0.15, 0.2) is 0 Å². The van der Waals surface area contributed by atoms with E-state index in [9.17, 15) is 8.42 Å². The highest BCUT2D eigenvalue weighted by Gasteiger charge is 2.17. The number of nitrogens with zero attached hydrogens (tertiary/aromatic N) is 3. The molecule has 15 heavy (non-hydrogen) atoms. The van der Waals surface area contributed by atoms with Crippen LogP contribution >= 0.6 is 0 Å². The van der Waals surface area contributed by atoms with Crippen LogP contribution in [-0.4, -0.2) is 29.4 Å². The second-order valence-electron chi connectivity index (χ2n) is 3.54. The van der Waals surface area contributed by atoms with E-state index in [0.29, 0.717) is 5.82 Å². The van der Waals surface area contributed by atoms with E-state index in [1.54, 1.807) is 11.6 Å². The van der Waals surface area contributed by atoms with E-state index in [1.807, 2.05) is 0 Å². The van der Waals surface area contributed by atoms with E-state index in [2.05, 4.69) is 17.1 Å². The van der Waals surface area contributed by atoms with Crippen molar-refractivity contribution >= 4 is 9.84 Å². The number of aryl methyl sites for hydroxylation is 1. The van der Waals surface area contributed by atoms with Gasteiger partial charge in [-0.05, 0) is 6.42 Å². The molecule has 0 fully saturated rings. The molecule has 0 aliphatic heterocycles. The largest absolute Gasteiger partial charge is 0.305 e. The van der Waals surface area contributed by atoms with Crippen molar-refractivity contribution in [3.8, 4) is 0 Å². The fourth-order valence-corrected chi connectivity index (χ4v) is 2.14. The predicted molar refractivity (Wildman–Crippen MR) is 57.0 cm³/mol. The molecule has 1 heterocycles. The Kier molecular flexibility index (Phi) is 3.84. The fourth-order valence-electron chi connectivity index (χ4n) is 1.35. The summed E-state index contributed by atoms with van der Waals surface area (Å²) in [4.78, 5) is 0. The summed E-state index contributed by atoms with van der Waals surface area (Å²) in [6.07, 6.45) is 4.74. The molecule has 0 spiro atoms. The van der Waals surface area contributed by atoms with Gasteiger partial charge in [-0.15, -0.1) is 10.2 Å². The molecule has 0 bridgehead atoms. The Morgan fingerprint density at radius 2 is 2.00 bits per heavy atom. The highest BCUT2D eigenvalue weighted by Crippen LogP contribution is 2.09. The van der Waals surface area contributed by atoms with E-state index >= 15 is 0 Å². The number of hydrogen-bond acceptors (Lipinski definition) is 4. The maximum atomic E-state index is 11.3. The highest BCUT2D eigenvalue weighted by atomic mass is 32.2. The van der Waals surface area contributed by atoms with Crippen LogP contribution in [0, 0.1) is 6.92 Å². The van der Waals surface area contributed by atoms with Gasteiger partial charge in [0.05, 0.1) is 0 Å². The lowest BCUT2D eigenvalue weighted by molar-refractivity contribution is 0.580. The molecule has 6 heteroatoms. The molecule has 0 unspecified atom stereocenters. The Labute approximate surface area is 90.4 Å². The third-order valence-corrected chi connectivity index (χ3v) is 3.18. The SMILES string of the molecule is [CH2]CCCCc1nnc(S(C)(=O)=O)n1C. The minimum absolute atomic E-state index is 0.0344. The van der Waals surface area contributed by atoms with Crippen molar-refractivity contribution < 1.29 is 8.42 Å². The first-order valence-corrected chi connectivity index (χ1v) is 6.73. The Morgan fingerprint density at radius 1 is 1.33 bits per heavy atom. The topological polar surface area (TPSA) is 64.8 Å². The van der Waals surface area contributed by atoms with Crippen molar-refractivity contribution in [2.45, 2.75) is 30.8 Å². The summed E-state index contributed by atoms with van der Waals surface area (Å²) < 4.78 is 24.1. The Hall–Kier alpha value is -0.910. The molecule has 0 aliphatic carbocycles. The van der Waals surface area contributed by atoms with E-state index in [-0.39, 0.29) is 5.16 Å². The third kappa shape index (κ3) is 3.02. The van der Waals surface area contributed by atoms with Gasteiger partial charge in [-0.3, -0.25) is 0 Å². The Morgan fingerprint density at radius 3 is 2.47 bits per heavy atom. The molecule has 0 aliphatic rings. The summed E-state index contributed by atoms with van der Waals surface area (Å²) in [6.45, 7) is 3.75. The average Bonchev–Trinajstić information content (AvgIpc) is 2.47. The average molecular weight is 230 g/mol. The lowest BCUT2D eigenvalue weighted by Crippen LogP contribution is -2.08. The number of sulfone groups is 1. The van der Waals surface area contributed by atoms with Gasteiger partial charge in [0, 0.05) is 19.7 Å². The summed E-state index contributed by atoms with van der Waals surface area (Å²) in [7, 11) is -1.59. The molecule has 0 atom stereocenters. The van der Waals surface area contributed by atoms with Crippen LogP contribution in [0.25, 0.3) is 0 Å². The fraction of sp³-hybridized carbons (Fsp3) is 0.667. The molecule has 0 saturated carbocycles. The van der Waals surface area contributed by atoms with Gasteiger partial charge in [-0.1, -0.05) is 19.8 Å². The molecular formula is C9H16N3O2S. The van der Waals surface area contributed by atoms with Crippen LogP contribution in [0.15, 0.2) is 5.16 Å². The first-order valence-electron chi connectivity index (χ1n) is 4.84. The van der Waals surface area contributed by atoms with Crippen LogP contribution in [0.5, 0.6) is 0 Å². The molecule has 0 saturated heterocycles. The molecule has 1 radical (unpaired) electrons. The van der Waals surface area contributed by atoms with E-state index in [1.165, 1.54) is 0 Å². The molecular weight excluding hydrogens is 214 g/mol. The van der Waals surface area contributed by atoms with Gasteiger partial charge in [-0.2, -0.15) is 0 Å². The normalized spacial score (nSPS) is 11.9. The standard InChI is InChI=1S/C9H16N3O2S/c1-4-5-6-7-8-10-11-9(12(8)2)15(3,13)14/h1,4-7H2,2-3H3. The first kappa shape index (κ1) is 12.2. The highest BCUT2D eigenvalue weighted by molar-refractivity contribution is 7.90. The lowest BCUT2D eigenvalue weighted by Gasteiger charge is -2.01. The van der Waals surface area contributed by atoms with Crippen molar-refractivity contribution in [1.29, 1.82) is 0 Å². The molecule has 0 aromatic carbocycles. The van der Waals surface area contributed by atoms with Crippen molar-refractivity contribution in [3.63, 3.8) is 0 Å². The molecule has 85 valence electrons. The Balaban J connectivity index is 2.81. The summed E-state index contributed by atoms with van der Waals surface area (Å²) >= 11 is 0. The summed E-state index contributed by atoms with van der Waals surface area (Å²) in [6, 6.07) is 0. The summed E-state index contributed by atoms with van der Waals surface area (Å²) in [5, 5.41) is 7.58. The molecule has 0 N–H and O–H groups in total. The smallest absolute Gasteiger partial charge is 0.249 e. The molecule has 1 aromatic heterocycles. The zero-order valence-electron chi connectivity index (χ0n) is 9.10. The van der Waals surface area contributed by atoms with Gasteiger partial charge in [0.25, 0.3) is 0 Å². The predicted octanol–water partition coefficient (Wildman–Crippen LogP) is 0.765. The quantitative estimate of drug-likeness (QED) is 0.701. The van der Waals surface area contributed by atoms with Crippen LogP contribution in [0.3, 0.4) is 0 Å². The summed E-state index contributed by atoms with van der Waals surface area (Å²) in [5.41, 5.74) is 0. The van der Waals surface area contributed by atoms with Crippen molar-refractivity contribution in [2.24, 2.45) is 7.05 Å². The third-order valence-electron chi connectivity index (χ3n) is 2.16. The summed E-state index contributed by atoms with van der Waals surface area (Å²) in [5.74, 6) is 0.712. The zero-order valence-corrected chi connectivity index (χ0v) is 9.92. The molecule has 1 aromatic rings. The van der Waals surface area contributed by atoms with Crippen LogP contribution in [0.4, 0.5) is 0 Å². The van der Waals surface area contributed by atoms with Crippen molar-refractivity contribution in [2.75, 3.05) is 6.26 Å². The van der Waals surface area contributed by atoms with Crippen molar-refractivity contribution in [1.82, 2.24) is 14.8 Å². The van der Waals surface area contributed by atoms with E-state index in [4.69, 9.17) is 0 Å². The van der Waals surface area contributed by atoms with Crippen LogP contribution in [-0.2, 0) is 23.3 Å². The van der Waals surface area contributed by atoms with E-state index in [0.717, 1.165) is 31.9 Å². The second kappa shape index (κ2) is 4.74. The minimum Gasteiger partial charge on any atom is -0.305 e. The van der Waals surface area contributed by atoms with Gasteiger partial charge >= 0.3 is 0 Å². The van der Waals surface area contributed by atoms with Gasteiger partial charge in [0.1, 0.15) is 5.82 Å². The zero-order chi connectivity index (χ0) is 11.5. The maximum absolute atomic E-state index is 11.3. The molecule has 0 amide bonds. The number of unbranched alkanes of at least 4 members (excludes halogenated alkanes) is 2. The second-order valence-corrected chi connectivity index (χ2v) is 5.45. The number of rotatable bonds is 5. The lowest BCUT2D eigenvalue weighted by atomic mass is 10.2. The monoisotopic (exact) mass is 230 g/mol. The number of aromatic nitrogens is 3. The van der Waals surface area contributed by atoms with Gasteiger partial charge in [0.2, 0.25) is 15.0 Å². The van der Waals surface area contributed by atoms with Gasteiger partial charge < -0.3 is 4.57 Å². The Bertz CT molecular complexity index is 423.